The molecule has 2 amide bonds. The molecule has 1 N–H and O–H groups in total. The van der Waals surface area contributed by atoms with Crippen LogP contribution in [0.2, 0.25) is 10.0 Å². The summed E-state index contributed by atoms with van der Waals surface area (Å²) in [5.74, 6) is -0.549. The van der Waals surface area contributed by atoms with Crippen LogP contribution in [0.15, 0.2) is 48.5 Å². The fraction of sp³-hybridized carbons (Fsp3) is 0.263. The predicted molar refractivity (Wildman–Crippen MR) is 101 cm³/mol. The molecule has 3 rings (SSSR count). The molecule has 7 heteroatoms. The van der Waals surface area contributed by atoms with Gasteiger partial charge >= 0.3 is 0 Å². The van der Waals surface area contributed by atoms with Crippen molar-refractivity contribution < 1.29 is 14.3 Å². The van der Waals surface area contributed by atoms with Gasteiger partial charge in [-0.05, 0) is 23.8 Å². The first kappa shape index (κ1) is 18.7. The first-order valence-corrected chi connectivity index (χ1v) is 8.99. The molecule has 1 atom stereocenters. The van der Waals surface area contributed by atoms with Crippen molar-refractivity contribution in [1.29, 1.82) is 0 Å². The van der Waals surface area contributed by atoms with Crippen LogP contribution in [0.25, 0.3) is 0 Å². The molecule has 1 saturated heterocycles. The lowest BCUT2D eigenvalue weighted by Gasteiger charge is -2.31. The standard InChI is InChI=1S/C19H18Cl2N2O3/c20-15-7-6-14(12-16(15)21)18(24)22-17(13-4-2-1-3-5-13)19(25)23-8-10-26-11-9-23/h1-7,12,17H,8-11H2,(H,22,24)/t17-/m0/s1. The van der Waals surface area contributed by atoms with E-state index in [1.807, 2.05) is 30.3 Å². The first-order chi connectivity index (χ1) is 12.6. The fourth-order valence-corrected chi connectivity index (χ4v) is 3.05. The molecule has 2 aromatic rings. The monoisotopic (exact) mass is 392 g/mol. The van der Waals surface area contributed by atoms with Crippen molar-refractivity contribution in [1.82, 2.24) is 10.2 Å². The van der Waals surface area contributed by atoms with Crippen molar-refractivity contribution in [2.24, 2.45) is 0 Å². The normalized spacial score (nSPS) is 15.4. The van der Waals surface area contributed by atoms with E-state index in [2.05, 4.69) is 5.32 Å². The van der Waals surface area contributed by atoms with E-state index in [1.165, 1.54) is 6.07 Å². The number of carbonyl (C=O) groups excluding carboxylic acids is 2. The van der Waals surface area contributed by atoms with Gasteiger partial charge in [-0.2, -0.15) is 0 Å². The minimum absolute atomic E-state index is 0.159. The van der Waals surface area contributed by atoms with Crippen molar-refractivity contribution in [2.45, 2.75) is 6.04 Å². The number of nitrogens with one attached hydrogen (secondary N) is 1. The van der Waals surface area contributed by atoms with Gasteiger partial charge in [-0.25, -0.2) is 0 Å². The van der Waals surface area contributed by atoms with Crippen molar-refractivity contribution >= 4 is 35.0 Å². The zero-order chi connectivity index (χ0) is 18.5. The van der Waals surface area contributed by atoms with Crippen molar-refractivity contribution in [2.75, 3.05) is 26.3 Å². The van der Waals surface area contributed by atoms with Gasteiger partial charge in [0.25, 0.3) is 5.91 Å². The molecule has 0 spiro atoms. The molecule has 1 aliphatic heterocycles. The largest absolute Gasteiger partial charge is 0.378 e. The summed E-state index contributed by atoms with van der Waals surface area (Å²) in [4.78, 5) is 27.4. The smallest absolute Gasteiger partial charge is 0.252 e. The van der Waals surface area contributed by atoms with Gasteiger partial charge in [0.05, 0.1) is 23.3 Å². The van der Waals surface area contributed by atoms with Gasteiger partial charge in [-0.3, -0.25) is 9.59 Å². The summed E-state index contributed by atoms with van der Waals surface area (Å²) >= 11 is 11.9. The summed E-state index contributed by atoms with van der Waals surface area (Å²) in [5.41, 5.74) is 1.06. The van der Waals surface area contributed by atoms with Crippen molar-refractivity contribution in [3.8, 4) is 0 Å². The minimum Gasteiger partial charge on any atom is -0.378 e. The van der Waals surface area contributed by atoms with Crippen LogP contribution in [-0.4, -0.2) is 43.0 Å². The molecule has 0 aromatic heterocycles. The van der Waals surface area contributed by atoms with Gasteiger partial charge in [0, 0.05) is 18.7 Å². The summed E-state index contributed by atoms with van der Waals surface area (Å²) in [6.45, 7) is 2.00. The van der Waals surface area contributed by atoms with Crippen LogP contribution in [-0.2, 0) is 9.53 Å². The minimum atomic E-state index is -0.781. The van der Waals surface area contributed by atoms with Gasteiger partial charge in [0.1, 0.15) is 6.04 Å². The van der Waals surface area contributed by atoms with Crippen LogP contribution >= 0.6 is 23.2 Å². The highest BCUT2D eigenvalue weighted by molar-refractivity contribution is 6.42. The highest BCUT2D eigenvalue weighted by Gasteiger charge is 2.29. The molecular formula is C19H18Cl2N2O3. The third kappa shape index (κ3) is 4.36. The summed E-state index contributed by atoms with van der Waals surface area (Å²) in [5, 5.41) is 3.48. The van der Waals surface area contributed by atoms with E-state index in [0.717, 1.165) is 5.56 Å². The topological polar surface area (TPSA) is 58.6 Å². The number of rotatable bonds is 4. The Hall–Kier alpha value is -2.08. The number of nitrogens with zero attached hydrogens (tertiary/aromatic N) is 1. The SMILES string of the molecule is O=C(N[C@H](C(=O)N1CCOCC1)c1ccccc1)c1ccc(Cl)c(Cl)c1. The van der Waals surface area contributed by atoms with Gasteiger partial charge in [0.2, 0.25) is 5.91 Å². The second kappa shape index (κ2) is 8.54. The van der Waals surface area contributed by atoms with E-state index >= 15 is 0 Å². The number of carbonyl (C=O) groups is 2. The number of benzene rings is 2. The number of hydrogen-bond donors (Lipinski definition) is 1. The van der Waals surface area contributed by atoms with Gasteiger partial charge in [-0.1, -0.05) is 53.5 Å². The Labute approximate surface area is 161 Å². The lowest BCUT2D eigenvalue weighted by atomic mass is 10.0. The maximum absolute atomic E-state index is 13.0. The van der Waals surface area contributed by atoms with Gasteiger partial charge in [0.15, 0.2) is 0 Å². The molecule has 2 aromatic carbocycles. The second-order valence-electron chi connectivity index (χ2n) is 5.88. The molecule has 26 heavy (non-hydrogen) atoms. The van der Waals surface area contributed by atoms with Crippen molar-refractivity contribution in [3.63, 3.8) is 0 Å². The van der Waals surface area contributed by atoms with E-state index in [1.54, 1.807) is 17.0 Å². The molecule has 0 unspecified atom stereocenters. The molecule has 0 radical (unpaired) electrons. The summed E-state index contributed by atoms with van der Waals surface area (Å²) in [6, 6.07) is 13.0. The Morgan fingerprint density at radius 3 is 2.35 bits per heavy atom. The second-order valence-corrected chi connectivity index (χ2v) is 6.70. The molecule has 0 bridgehead atoms. The average Bonchev–Trinajstić information content (AvgIpc) is 2.69. The maximum Gasteiger partial charge on any atom is 0.252 e. The highest BCUT2D eigenvalue weighted by atomic mass is 35.5. The van der Waals surface area contributed by atoms with Crippen molar-refractivity contribution in [3.05, 3.63) is 69.7 Å². The van der Waals surface area contributed by atoms with E-state index in [4.69, 9.17) is 27.9 Å². The molecule has 136 valence electrons. The molecule has 1 heterocycles. The number of halogens is 2. The Morgan fingerprint density at radius 1 is 1.00 bits per heavy atom. The molecule has 0 saturated carbocycles. The highest BCUT2D eigenvalue weighted by Crippen LogP contribution is 2.23. The lowest BCUT2D eigenvalue weighted by molar-refractivity contribution is -0.137. The quantitative estimate of drug-likeness (QED) is 0.867. The van der Waals surface area contributed by atoms with E-state index < -0.39 is 6.04 Å². The van der Waals surface area contributed by atoms with E-state index in [0.29, 0.717) is 36.9 Å². The number of morpholine rings is 1. The molecular weight excluding hydrogens is 375 g/mol. The molecule has 1 fully saturated rings. The third-order valence-corrected chi connectivity index (χ3v) is 4.90. The fourth-order valence-electron chi connectivity index (χ4n) is 2.75. The van der Waals surface area contributed by atoms with Crippen LogP contribution < -0.4 is 5.32 Å². The van der Waals surface area contributed by atoms with Crippen LogP contribution in [0.4, 0.5) is 0 Å². The maximum atomic E-state index is 13.0. The lowest BCUT2D eigenvalue weighted by Crippen LogP contribution is -2.47. The van der Waals surface area contributed by atoms with Gasteiger partial charge in [-0.15, -0.1) is 0 Å². The predicted octanol–water partition coefficient (Wildman–Crippen LogP) is 3.32. The Morgan fingerprint density at radius 2 is 1.69 bits per heavy atom. The third-order valence-electron chi connectivity index (χ3n) is 4.16. The summed E-state index contributed by atoms with van der Waals surface area (Å²) in [7, 11) is 0. The molecule has 0 aliphatic carbocycles. The molecule has 5 nitrogen and oxygen atoms in total. The van der Waals surface area contributed by atoms with E-state index in [-0.39, 0.29) is 16.8 Å². The van der Waals surface area contributed by atoms with Crippen LogP contribution in [0.5, 0.6) is 0 Å². The Kier molecular flexibility index (Phi) is 6.14. The van der Waals surface area contributed by atoms with Gasteiger partial charge < -0.3 is 15.0 Å². The molecule has 1 aliphatic rings. The number of amides is 2. The first-order valence-electron chi connectivity index (χ1n) is 8.23. The zero-order valence-corrected chi connectivity index (χ0v) is 15.5. The Balaban J connectivity index is 1.84. The van der Waals surface area contributed by atoms with E-state index in [9.17, 15) is 9.59 Å². The number of ether oxygens (including phenoxy) is 1. The summed E-state index contributed by atoms with van der Waals surface area (Å²) < 4.78 is 5.30. The average molecular weight is 393 g/mol. The van der Waals surface area contributed by atoms with Crippen LogP contribution in [0, 0.1) is 0 Å². The zero-order valence-electron chi connectivity index (χ0n) is 14.0. The van der Waals surface area contributed by atoms with Crippen LogP contribution in [0.3, 0.4) is 0 Å². The number of hydrogen-bond acceptors (Lipinski definition) is 3. The summed E-state index contributed by atoms with van der Waals surface area (Å²) in [6.07, 6.45) is 0. The van der Waals surface area contributed by atoms with Crippen LogP contribution in [0.1, 0.15) is 22.0 Å². The Bertz CT molecular complexity index is 793.